The number of amides is 2. The fourth-order valence-electron chi connectivity index (χ4n) is 1.41. The van der Waals surface area contributed by atoms with E-state index in [1.807, 2.05) is 0 Å². The summed E-state index contributed by atoms with van der Waals surface area (Å²) < 4.78 is 26.1. The summed E-state index contributed by atoms with van der Waals surface area (Å²) in [6.45, 7) is 4.70. The van der Waals surface area contributed by atoms with Crippen LogP contribution in [0.15, 0.2) is 41.8 Å². The van der Waals surface area contributed by atoms with Crippen molar-refractivity contribution in [1.82, 2.24) is 10.0 Å². The van der Waals surface area contributed by atoms with Gasteiger partial charge in [0.25, 0.3) is 0 Å². The average molecular weight is 311 g/mol. The van der Waals surface area contributed by atoms with Gasteiger partial charge in [-0.25, -0.2) is 13.1 Å². The zero-order chi connectivity index (χ0) is 15.9. The molecule has 8 heteroatoms. The third kappa shape index (κ3) is 5.76. The minimum atomic E-state index is -3.77. The number of carbonyl (C=O) groups is 2. The van der Waals surface area contributed by atoms with Crippen molar-refractivity contribution in [3.05, 3.63) is 36.9 Å². The first-order valence-electron chi connectivity index (χ1n) is 6.10. The van der Waals surface area contributed by atoms with E-state index in [2.05, 4.69) is 21.9 Å². The highest BCUT2D eigenvalue weighted by molar-refractivity contribution is 7.89. The first-order chi connectivity index (χ1) is 9.85. The van der Waals surface area contributed by atoms with Gasteiger partial charge in [0, 0.05) is 19.2 Å². The lowest BCUT2D eigenvalue weighted by Crippen LogP contribution is -2.36. The van der Waals surface area contributed by atoms with E-state index in [0.717, 1.165) is 0 Å². The fraction of sp³-hybridized carbons (Fsp3) is 0.231. The molecular weight excluding hydrogens is 294 g/mol. The third-order valence-electron chi connectivity index (χ3n) is 2.35. The predicted octanol–water partition coefficient (Wildman–Crippen LogP) is 0.226. The molecule has 114 valence electrons. The number of nitrogens with one attached hydrogen (secondary N) is 3. The quantitative estimate of drug-likeness (QED) is 0.627. The number of hydrogen-bond acceptors (Lipinski definition) is 4. The van der Waals surface area contributed by atoms with Crippen molar-refractivity contribution < 1.29 is 18.0 Å². The Balaban J connectivity index is 2.67. The van der Waals surface area contributed by atoms with Gasteiger partial charge in [0.1, 0.15) is 0 Å². The Morgan fingerprint density at radius 1 is 1.24 bits per heavy atom. The van der Waals surface area contributed by atoms with E-state index in [0.29, 0.717) is 5.69 Å². The summed E-state index contributed by atoms with van der Waals surface area (Å²) in [5, 5.41) is 4.98. The molecule has 0 aliphatic rings. The summed E-state index contributed by atoms with van der Waals surface area (Å²) in [5.41, 5.74) is 0.491. The van der Waals surface area contributed by atoms with Crippen molar-refractivity contribution in [2.75, 3.05) is 18.4 Å². The van der Waals surface area contributed by atoms with Crippen LogP contribution in [0.1, 0.15) is 6.92 Å². The monoisotopic (exact) mass is 311 g/mol. The summed E-state index contributed by atoms with van der Waals surface area (Å²) in [6.07, 6.45) is 1.49. The summed E-state index contributed by atoms with van der Waals surface area (Å²) in [7, 11) is -3.77. The molecule has 0 bridgehead atoms. The van der Waals surface area contributed by atoms with Crippen LogP contribution in [0.2, 0.25) is 0 Å². The number of hydrogen-bond donors (Lipinski definition) is 3. The zero-order valence-corrected chi connectivity index (χ0v) is 12.4. The first kappa shape index (κ1) is 16.9. The van der Waals surface area contributed by atoms with Gasteiger partial charge in [-0.2, -0.15) is 0 Å². The molecule has 0 aromatic heterocycles. The molecule has 0 aliphatic carbocycles. The van der Waals surface area contributed by atoms with E-state index in [1.54, 1.807) is 0 Å². The van der Waals surface area contributed by atoms with Crippen molar-refractivity contribution in [3.63, 3.8) is 0 Å². The molecule has 2 amide bonds. The largest absolute Gasteiger partial charge is 0.352 e. The van der Waals surface area contributed by atoms with Crippen LogP contribution in [-0.4, -0.2) is 33.3 Å². The highest BCUT2D eigenvalue weighted by atomic mass is 32.2. The van der Waals surface area contributed by atoms with E-state index in [4.69, 9.17) is 0 Å². The molecule has 1 aromatic carbocycles. The van der Waals surface area contributed by atoms with E-state index >= 15 is 0 Å². The van der Waals surface area contributed by atoms with Crippen molar-refractivity contribution in [2.45, 2.75) is 11.8 Å². The topological polar surface area (TPSA) is 104 Å². The zero-order valence-electron chi connectivity index (χ0n) is 11.5. The van der Waals surface area contributed by atoms with Crippen molar-refractivity contribution >= 4 is 27.5 Å². The Bertz CT molecular complexity index is 623. The van der Waals surface area contributed by atoms with Crippen LogP contribution >= 0.6 is 0 Å². The second-order valence-corrected chi connectivity index (χ2v) is 5.89. The van der Waals surface area contributed by atoms with Gasteiger partial charge < -0.3 is 10.6 Å². The molecule has 0 aliphatic heterocycles. The summed E-state index contributed by atoms with van der Waals surface area (Å²) in [4.78, 5) is 22.2. The first-order valence-corrected chi connectivity index (χ1v) is 7.58. The number of carbonyl (C=O) groups excluding carboxylic acids is 2. The standard InChI is InChI=1S/C13H17N3O4S/c1-3-8-14-13(18)9-15-21(19,20)12-6-4-11(5-7-12)16-10(2)17/h3-7,15H,1,8-9H2,2H3,(H,14,18)(H,16,17). The lowest BCUT2D eigenvalue weighted by atomic mass is 10.3. The predicted molar refractivity (Wildman–Crippen MR) is 79.1 cm³/mol. The SMILES string of the molecule is C=CCNC(=O)CNS(=O)(=O)c1ccc(NC(C)=O)cc1. The molecule has 0 atom stereocenters. The molecule has 1 aromatic rings. The van der Waals surface area contributed by atoms with Gasteiger partial charge in [0.15, 0.2) is 0 Å². The normalized spacial score (nSPS) is 10.7. The fourth-order valence-corrected chi connectivity index (χ4v) is 2.40. The Hall–Kier alpha value is -2.19. The molecule has 0 saturated carbocycles. The van der Waals surface area contributed by atoms with E-state index in [9.17, 15) is 18.0 Å². The van der Waals surface area contributed by atoms with Crippen LogP contribution in [0.25, 0.3) is 0 Å². The lowest BCUT2D eigenvalue weighted by molar-refractivity contribution is -0.119. The summed E-state index contributed by atoms with van der Waals surface area (Å²) in [5.74, 6) is -0.698. The minimum Gasteiger partial charge on any atom is -0.352 e. The Morgan fingerprint density at radius 2 is 1.86 bits per heavy atom. The van der Waals surface area contributed by atoms with Crippen LogP contribution in [0, 0.1) is 0 Å². The molecule has 0 saturated heterocycles. The second-order valence-electron chi connectivity index (χ2n) is 4.12. The molecule has 7 nitrogen and oxygen atoms in total. The maximum atomic E-state index is 11.9. The maximum Gasteiger partial charge on any atom is 0.241 e. The van der Waals surface area contributed by atoms with Crippen LogP contribution in [-0.2, 0) is 19.6 Å². The van der Waals surface area contributed by atoms with Crippen LogP contribution in [0.4, 0.5) is 5.69 Å². The Labute approximate surface area is 123 Å². The van der Waals surface area contributed by atoms with Gasteiger partial charge in [-0.15, -0.1) is 6.58 Å². The molecule has 0 fully saturated rings. The smallest absolute Gasteiger partial charge is 0.241 e. The average Bonchev–Trinajstić information content (AvgIpc) is 2.43. The van der Waals surface area contributed by atoms with E-state index in [-0.39, 0.29) is 23.9 Å². The van der Waals surface area contributed by atoms with Crippen molar-refractivity contribution in [1.29, 1.82) is 0 Å². The van der Waals surface area contributed by atoms with E-state index in [1.165, 1.54) is 37.3 Å². The molecule has 0 radical (unpaired) electrons. The molecule has 21 heavy (non-hydrogen) atoms. The minimum absolute atomic E-state index is 0.00752. The van der Waals surface area contributed by atoms with Gasteiger partial charge in [-0.1, -0.05) is 6.08 Å². The highest BCUT2D eigenvalue weighted by Gasteiger charge is 2.15. The third-order valence-corrected chi connectivity index (χ3v) is 3.77. The van der Waals surface area contributed by atoms with Crippen molar-refractivity contribution in [2.24, 2.45) is 0 Å². The molecule has 0 heterocycles. The maximum absolute atomic E-state index is 11.9. The van der Waals surface area contributed by atoms with Gasteiger partial charge in [-0.05, 0) is 24.3 Å². The Kier molecular flexibility index (Phi) is 6.07. The lowest BCUT2D eigenvalue weighted by Gasteiger charge is -2.08. The number of benzene rings is 1. The van der Waals surface area contributed by atoms with Gasteiger partial charge in [0.2, 0.25) is 21.8 Å². The highest BCUT2D eigenvalue weighted by Crippen LogP contribution is 2.13. The van der Waals surface area contributed by atoms with Crippen molar-refractivity contribution in [3.8, 4) is 0 Å². The van der Waals surface area contributed by atoms with Gasteiger partial charge in [0.05, 0.1) is 11.4 Å². The Morgan fingerprint density at radius 3 is 2.38 bits per heavy atom. The molecule has 1 rings (SSSR count). The summed E-state index contributed by atoms with van der Waals surface area (Å²) >= 11 is 0. The molecular formula is C13H17N3O4S. The van der Waals surface area contributed by atoms with E-state index < -0.39 is 15.9 Å². The van der Waals surface area contributed by atoms with Crippen LogP contribution in [0.3, 0.4) is 0 Å². The molecule has 0 spiro atoms. The number of rotatable bonds is 7. The van der Waals surface area contributed by atoms with Crippen LogP contribution in [0.5, 0.6) is 0 Å². The van der Waals surface area contributed by atoms with Gasteiger partial charge >= 0.3 is 0 Å². The molecule has 0 unspecified atom stereocenters. The van der Waals surface area contributed by atoms with Crippen LogP contribution < -0.4 is 15.4 Å². The molecule has 3 N–H and O–H groups in total. The summed E-state index contributed by atoms with van der Waals surface area (Å²) in [6, 6.07) is 5.62. The van der Waals surface area contributed by atoms with Gasteiger partial charge in [-0.3, -0.25) is 9.59 Å². The number of anilines is 1. The number of sulfonamides is 1. The second kappa shape index (κ2) is 7.55.